The van der Waals surface area contributed by atoms with Gasteiger partial charge in [-0.3, -0.25) is 4.21 Å². The van der Waals surface area contributed by atoms with Gasteiger partial charge in [0.05, 0.1) is 15.7 Å². The van der Waals surface area contributed by atoms with Gasteiger partial charge in [-0.25, -0.2) is 0 Å². The molecule has 0 saturated carbocycles. The lowest BCUT2D eigenvalue weighted by atomic mass is 10.3. The Morgan fingerprint density at radius 1 is 1.21 bits per heavy atom. The predicted octanol–water partition coefficient (Wildman–Crippen LogP) is 3.31. The molecule has 0 radical (unpaired) electrons. The molecule has 0 aromatic heterocycles. The molecule has 14 heavy (non-hydrogen) atoms. The summed E-state index contributed by atoms with van der Waals surface area (Å²) in [5.74, 6) is 0. The van der Waals surface area contributed by atoms with Crippen molar-refractivity contribution in [1.82, 2.24) is 0 Å². The van der Waals surface area contributed by atoms with E-state index in [0.717, 1.165) is 9.79 Å². The third-order valence-electron chi connectivity index (χ3n) is 1.82. The molecule has 0 fully saturated rings. The zero-order chi connectivity index (χ0) is 10.8. The molecule has 1 nitrogen and oxygen atoms in total. The highest BCUT2D eigenvalue weighted by Crippen LogP contribution is 2.28. The van der Waals surface area contributed by atoms with Crippen LogP contribution in [-0.4, -0.2) is 15.2 Å². The molecule has 1 unspecified atom stereocenters. The van der Waals surface area contributed by atoms with Gasteiger partial charge in [0.15, 0.2) is 0 Å². The minimum Gasteiger partial charge on any atom is -0.254 e. The molecule has 0 saturated heterocycles. The minimum absolute atomic E-state index is 0.189. The van der Waals surface area contributed by atoms with Crippen molar-refractivity contribution in [2.24, 2.45) is 0 Å². The molecule has 0 bridgehead atoms. The summed E-state index contributed by atoms with van der Waals surface area (Å²) in [5, 5.41) is 0. The summed E-state index contributed by atoms with van der Waals surface area (Å²) >= 11 is 1.65. The summed E-state index contributed by atoms with van der Waals surface area (Å²) in [6, 6.07) is 7.89. The Kier molecular flexibility index (Phi) is 3.78. The van der Waals surface area contributed by atoms with Crippen molar-refractivity contribution in [1.29, 1.82) is 0 Å². The number of thioether (sulfide) groups is 1. The van der Waals surface area contributed by atoms with Crippen LogP contribution in [0.4, 0.5) is 0 Å². The lowest BCUT2D eigenvalue weighted by Crippen LogP contribution is -2.22. The van der Waals surface area contributed by atoms with Crippen LogP contribution in [-0.2, 0) is 10.8 Å². The number of benzene rings is 1. The second-order valence-corrected chi connectivity index (χ2v) is 7.08. The Labute approximate surface area is 92.8 Å². The maximum atomic E-state index is 12.1. The van der Waals surface area contributed by atoms with E-state index in [0.29, 0.717) is 0 Å². The van der Waals surface area contributed by atoms with Gasteiger partial charge in [0, 0.05) is 9.64 Å². The van der Waals surface area contributed by atoms with Crippen molar-refractivity contribution in [3.63, 3.8) is 0 Å². The van der Waals surface area contributed by atoms with Crippen LogP contribution in [0, 0.1) is 0 Å². The van der Waals surface area contributed by atoms with Crippen LogP contribution >= 0.6 is 11.8 Å². The Bertz CT molecular complexity index is 339. The number of hydrogen-bond acceptors (Lipinski definition) is 2. The summed E-state index contributed by atoms with van der Waals surface area (Å²) in [7, 11) is -0.933. The predicted molar refractivity (Wildman–Crippen MR) is 64.4 cm³/mol. The van der Waals surface area contributed by atoms with Gasteiger partial charge in [-0.2, -0.15) is 0 Å². The molecular weight excluding hydrogens is 212 g/mol. The summed E-state index contributed by atoms with van der Waals surface area (Å²) in [6.07, 6.45) is 2.01. The fourth-order valence-corrected chi connectivity index (χ4v) is 3.18. The van der Waals surface area contributed by atoms with E-state index >= 15 is 0 Å². The summed E-state index contributed by atoms with van der Waals surface area (Å²) in [6.45, 7) is 6.00. The van der Waals surface area contributed by atoms with Crippen LogP contribution in [0.15, 0.2) is 34.1 Å². The third kappa shape index (κ3) is 2.61. The van der Waals surface area contributed by atoms with E-state index in [-0.39, 0.29) is 4.75 Å². The molecule has 1 atom stereocenters. The Morgan fingerprint density at radius 3 is 2.29 bits per heavy atom. The fourth-order valence-electron chi connectivity index (χ4n) is 1.10. The monoisotopic (exact) mass is 228 g/mol. The molecule has 0 spiro atoms. The highest BCUT2D eigenvalue weighted by atomic mass is 32.2. The second-order valence-electron chi connectivity index (χ2n) is 4.03. The normalized spacial score (nSPS) is 14.0. The maximum Gasteiger partial charge on any atom is 0.0595 e. The van der Waals surface area contributed by atoms with Crippen molar-refractivity contribution in [2.45, 2.75) is 35.3 Å². The largest absolute Gasteiger partial charge is 0.254 e. The van der Waals surface area contributed by atoms with Crippen molar-refractivity contribution in [3.8, 4) is 0 Å². The first-order valence-electron chi connectivity index (χ1n) is 4.51. The Morgan fingerprint density at radius 2 is 1.79 bits per heavy atom. The van der Waals surface area contributed by atoms with Crippen molar-refractivity contribution in [2.75, 3.05) is 6.26 Å². The van der Waals surface area contributed by atoms with E-state index in [1.165, 1.54) is 0 Å². The van der Waals surface area contributed by atoms with Crippen LogP contribution in [0.1, 0.15) is 20.8 Å². The fraction of sp³-hybridized carbons (Fsp3) is 0.455. The Balaban J connectivity index is 3.13. The molecular formula is C11H16OS2. The first-order valence-corrected chi connectivity index (χ1v) is 6.89. The smallest absolute Gasteiger partial charge is 0.0595 e. The minimum atomic E-state index is -0.933. The van der Waals surface area contributed by atoms with Crippen molar-refractivity contribution in [3.05, 3.63) is 24.3 Å². The first-order chi connectivity index (χ1) is 6.46. The maximum absolute atomic E-state index is 12.1. The molecule has 0 aliphatic carbocycles. The molecule has 0 heterocycles. The number of hydrogen-bond donors (Lipinski definition) is 0. The van der Waals surface area contributed by atoms with E-state index in [9.17, 15) is 4.21 Å². The van der Waals surface area contributed by atoms with Crippen LogP contribution in [0.25, 0.3) is 0 Å². The Hall–Kier alpha value is -0.280. The lowest BCUT2D eigenvalue weighted by Gasteiger charge is -2.19. The van der Waals surface area contributed by atoms with Gasteiger partial charge in [-0.1, -0.05) is 12.1 Å². The highest BCUT2D eigenvalue weighted by Gasteiger charge is 2.22. The van der Waals surface area contributed by atoms with Crippen LogP contribution < -0.4 is 0 Å². The average Bonchev–Trinajstić information content (AvgIpc) is 2.15. The molecule has 1 aromatic rings. The van der Waals surface area contributed by atoms with Crippen LogP contribution in [0.5, 0.6) is 0 Å². The van der Waals surface area contributed by atoms with Gasteiger partial charge in [0.1, 0.15) is 0 Å². The van der Waals surface area contributed by atoms with E-state index < -0.39 is 10.8 Å². The van der Waals surface area contributed by atoms with Gasteiger partial charge in [0.25, 0.3) is 0 Å². The van der Waals surface area contributed by atoms with Gasteiger partial charge >= 0.3 is 0 Å². The highest BCUT2D eigenvalue weighted by molar-refractivity contribution is 7.99. The van der Waals surface area contributed by atoms with Gasteiger partial charge in [-0.15, -0.1) is 11.8 Å². The van der Waals surface area contributed by atoms with Crippen molar-refractivity contribution >= 4 is 22.6 Å². The zero-order valence-corrected chi connectivity index (χ0v) is 10.7. The van der Waals surface area contributed by atoms with Gasteiger partial charge in [0.2, 0.25) is 0 Å². The topological polar surface area (TPSA) is 17.1 Å². The molecule has 0 aliphatic rings. The van der Waals surface area contributed by atoms with E-state index in [1.54, 1.807) is 11.8 Å². The van der Waals surface area contributed by atoms with Crippen LogP contribution in [0.2, 0.25) is 0 Å². The SMILES string of the molecule is CSc1ccccc1S(=O)C(C)(C)C. The zero-order valence-electron chi connectivity index (χ0n) is 9.03. The molecule has 0 N–H and O–H groups in total. The molecule has 78 valence electrons. The first kappa shape index (κ1) is 11.8. The summed E-state index contributed by atoms with van der Waals surface area (Å²) < 4.78 is 12.0. The van der Waals surface area contributed by atoms with Crippen molar-refractivity contribution < 1.29 is 4.21 Å². The molecule has 1 aromatic carbocycles. The standard InChI is InChI=1S/C11H16OS2/c1-11(2,3)14(12)10-8-6-5-7-9(10)13-4/h5-8H,1-4H3. The van der Waals surface area contributed by atoms with Crippen LogP contribution in [0.3, 0.4) is 0 Å². The van der Waals surface area contributed by atoms with Gasteiger partial charge in [-0.05, 0) is 39.2 Å². The molecule has 0 amide bonds. The summed E-state index contributed by atoms with van der Waals surface area (Å²) in [4.78, 5) is 2.06. The average molecular weight is 228 g/mol. The molecule has 3 heteroatoms. The summed E-state index contributed by atoms with van der Waals surface area (Å²) in [5.41, 5.74) is 0. The van der Waals surface area contributed by atoms with Gasteiger partial charge < -0.3 is 0 Å². The lowest BCUT2D eigenvalue weighted by molar-refractivity contribution is 0.647. The van der Waals surface area contributed by atoms with E-state index in [4.69, 9.17) is 0 Å². The van der Waals surface area contributed by atoms with E-state index in [1.807, 2.05) is 51.3 Å². The number of rotatable bonds is 2. The third-order valence-corrected chi connectivity index (χ3v) is 4.62. The molecule has 0 aliphatic heterocycles. The molecule has 1 rings (SSSR count). The van der Waals surface area contributed by atoms with E-state index in [2.05, 4.69) is 0 Å². The second kappa shape index (κ2) is 4.49. The quantitative estimate of drug-likeness (QED) is 0.722.